The third-order valence-electron chi connectivity index (χ3n) is 5.09. The molecule has 10 nitrogen and oxygen atoms in total. The summed E-state index contributed by atoms with van der Waals surface area (Å²) in [6.07, 6.45) is 1.48. The molecule has 1 aliphatic rings. The average molecular weight is 463 g/mol. The van der Waals surface area contributed by atoms with Crippen molar-refractivity contribution >= 4 is 29.6 Å². The highest BCUT2D eigenvalue weighted by atomic mass is 19.1. The summed E-state index contributed by atoms with van der Waals surface area (Å²) >= 11 is 0. The molecule has 2 aromatic rings. The molecule has 11 heteroatoms. The molecule has 180 valence electrons. The molecule has 0 unspecified atom stereocenters. The highest BCUT2D eigenvalue weighted by Gasteiger charge is 2.47. The monoisotopic (exact) mass is 462 g/mol. The second kappa shape index (κ2) is 8.87. The van der Waals surface area contributed by atoms with Crippen molar-refractivity contribution in [3.8, 4) is 0 Å². The molecule has 2 aromatic heterocycles. The van der Waals surface area contributed by atoms with Gasteiger partial charge in [-0.05, 0) is 48.5 Å². The van der Waals surface area contributed by atoms with E-state index in [1.165, 1.54) is 15.7 Å². The van der Waals surface area contributed by atoms with Gasteiger partial charge in [-0.1, -0.05) is 0 Å². The van der Waals surface area contributed by atoms with Crippen molar-refractivity contribution in [1.29, 1.82) is 0 Å². The largest absolute Gasteiger partial charge is 0.449 e. The van der Waals surface area contributed by atoms with Crippen molar-refractivity contribution in [2.24, 2.45) is 0 Å². The number of hydrogen-bond acceptors (Lipinski definition) is 8. The molecule has 1 aliphatic heterocycles. The molecule has 1 amide bonds. The van der Waals surface area contributed by atoms with E-state index >= 15 is 0 Å². The van der Waals surface area contributed by atoms with Crippen LogP contribution in [-0.4, -0.2) is 50.4 Å². The van der Waals surface area contributed by atoms with Gasteiger partial charge in [0.05, 0.1) is 36.3 Å². The van der Waals surface area contributed by atoms with Crippen LogP contribution in [0.4, 0.5) is 31.4 Å². The second-order valence-corrected chi connectivity index (χ2v) is 9.11. The number of aromatic nitrogens is 3. The molecule has 0 aliphatic carbocycles. The Labute approximate surface area is 192 Å². The molecular weight excluding hydrogens is 431 g/mol. The number of rotatable bonds is 5. The maximum absolute atomic E-state index is 14.5. The zero-order valence-electron chi connectivity index (χ0n) is 20.1. The highest BCUT2D eigenvalue weighted by molar-refractivity contribution is 5.80. The Morgan fingerprint density at radius 2 is 1.94 bits per heavy atom. The first-order valence-electron chi connectivity index (χ1n) is 10.8. The lowest BCUT2D eigenvalue weighted by Crippen LogP contribution is -2.44. The summed E-state index contributed by atoms with van der Waals surface area (Å²) in [5.74, 6) is -0.451. The molecule has 3 heterocycles. The van der Waals surface area contributed by atoms with Gasteiger partial charge in [-0.15, -0.1) is 0 Å². The fourth-order valence-electron chi connectivity index (χ4n) is 3.73. The summed E-state index contributed by atoms with van der Waals surface area (Å²) < 4.78 is 26.6. The Morgan fingerprint density at radius 1 is 1.24 bits per heavy atom. The summed E-state index contributed by atoms with van der Waals surface area (Å²) in [4.78, 5) is 35.3. The zero-order valence-corrected chi connectivity index (χ0v) is 20.1. The molecule has 0 spiro atoms. The van der Waals surface area contributed by atoms with Crippen LogP contribution in [0.15, 0.2) is 12.4 Å². The van der Waals surface area contributed by atoms with Gasteiger partial charge in [-0.2, -0.15) is 4.98 Å². The number of nitrogens with one attached hydrogen (secondary N) is 2. The predicted octanol–water partition coefficient (Wildman–Crippen LogP) is 4.58. The molecule has 0 bridgehead atoms. The van der Waals surface area contributed by atoms with E-state index < -0.39 is 29.1 Å². The van der Waals surface area contributed by atoms with E-state index in [-0.39, 0.29) is 24.9 Å². The van der Waals surface area contributed by atoms with Crippen molar-refractivity contribution in [2.75, 3.05) is 23.8 Å². The van der Waals surface area contributed by atoms with Crippen LogP contribution >= 0.6 is 0 Å². The fraction of sp³-hybridized carbons (Fsp3) is 0.545. The van der Waals surface area contributed by atoms with E-state index in [2.05, 4.69) is 20.6 Å². The van der Waals surface area contributed by atoms with Gasteiger partial charge in [0, 0.05) is 18.3 Å². The van der Waals surface area contributed by atoms with Crippen molar-refractivity contribution in [1.82, 2.24) is 19.4 Å². The van der Waals surface area contributed by atoms with Gasteiger partial charge in [0.25, 0.3) is 0 Å². The van der Waals surface area contributed by atoms with Gasteiger partial charge in [-0.3, -0.25) is 9.47 Å². The molecule has 0 saturated heterocycles. The number of halogens is 1. The first-order chi connectivity index (χ1) is 15.4. The van der Waals surface area contributed by atoms with Crippen LogP contribution in [0.3, 0.4) is 0 Å². The Bertz CT molecular complexity index is 1060. The van der Waals surface area contributed by atoms with E-state index in [1.807, 2.05) is 20.8 Å². The van der Waals surface area contributed by atoms with Gasteiger partial charge >= 0.3 is 12.2 Å². The Balaban J connectivity index is 2.06. The van der Waals surface area contributed by atoms with Crippen molar-refractivity contribution in [3.63, 3.8) is 0 Å². The third kappa shape index (κ3) is 4.86. The number of fused-ring (bicyclic) bond motifs is 1. The minimum atomic E-state index is -0.899. The van der Waals surface area contributed by atoms with Crippen LogP contribution in [0.25, 0.3) is 0 Å². The Hall–Kier alpha value is -3.37. The van der Waals surface area contributed by atoms with Gasteiger partial charge in [0.1, 0.15) is 5.60 Å². The SMILES string of the molecule is CCNc1ncc(F)c(Nc2cn(C(=O)OCC)c3c2CN(C(=O)OC(C)(C)C)C3(C)C)n1. The smallest absolute Gasteiger partial charge is 0.418 e. The number of ether oxygens (including phenoxy) is 2. The van der Waals surface area contributed by atoms with Gasteiger partial charge in [-0.25, -0.2) is 19.0 Å². The quantitative estimate of drug-likeness (QED) is 0.664. The lowest BCUT2D eigenvalue weighted by atomic mass is 10.0. The molecule has 33 heavy (non-hydrogen) atoms. The molecule has 2 N–H and O–H groups in total. The summed E-state index contributed by atoms with van der Waals surface area (Å²) in [6, 6.07) is 0. The first-order valence-corrected chi connectivity index (χ1v) is 10.8. The minimum absolute atomic E-state index is 0.0571. The van der Waals surface area contributed by atoms with E-state index in [1.54, 1.807) is 27.7 Å². The third-order valence-corrected chi connectivity index (χ3v) is 5.09. The van der Waals surface area contributed by atoms with Crippen LogP contribution < -0.4 is 10.6 Å². The zero-order chi connectivity index (χ0) is 24.6. The first kappa shape index (κ1) is 24.3. The van der Waals surface area contributed by atoms with Gasteiger partial charge in [0.2, 0.25) is 5.95 Å². The Kier molecular flexibility index (Phi) is 6.53. The number of amides is 1. The molecule has 3 rings (SSSR count). The van der Waals surface area contributed by atoms with Crippen LogP contribution in [0, 0.1) is 5.82 Å². The maximum Gasteiger partial charge on any atom is 0.418 e. The molecule has 0 atom stereocenters. The van der Waals surface area contributed by atoms with Crippen LogP contribution in [0.1, 0.15) is 59.7 Å². The molecular formula is C22H31FN6O4. The van der Waals surface area contributed by atoms with Crippen molar-refractivity contribution in [3.05, 3.63) is 29.5 Å². The van der Waals surface area contributed by atoms with Crippen molar-refractivity contribution in [2.45, 2.75) is 66.2 Å². The standard InChI is InChI=1S/C22H31FN6O4/c1-8-24-18-25-10-14(23)17(27-18)26-15-12-28(19(30)32-9-2)16-13(15)11-29(22(16,6)7)20(31)33-21(3,4)5/h10,12H,8-9,11H2,1-7H3,(H2,24,25,26,27). The average Bonchev–Trinajstić information content (AvgIpc) is 3.19. The number of carbonyl (C=O) groups is 2. The van der Waals surface area contributed by atoms with Crippen LogP contribution in [0.5, 0.6) is 0 Å². The summed E-state index contributed by atoms with van der Waals surface area (Å²) in [5.41, 5.74) is 0.0311. The lowest BCUT2D eigenvalue weighted by Gasteiger charge is -2.34. The van der Waals surface area contributed by atoms with Gasteiger partial charge in [0.15, 0.2) is 11.6 Å². The number of carbonyl (C=O) groups excluding carboxylic acids is 2. The normalized spacial score (nSPS) is 14.6. The topological polar surface area (TPSA) is 111 Å². The number of anilines is 3. The lowest BCUT2D eigenvalue weighted by molar-refractivity contribution is 0.00412. The van der Waals surface area contributed by atoms with E-state index in [9.17, 15) is 14.0 Å². The molecule has 0 saturated carbocycles. The molecule has 0 aromatic carbocycles. The molecule has 0 radical (unpaired) electrons. The minimum Gasteiger partial charge on any atom is -0.449 e. The Morgan fingerprint density at radius 3 is 2.55 bits per heavy atom. The van der Waals surface area contributed by atoms with Gasteiger partial charge < -0.3 is 20.1 Å². The summed E-state index contributed by atoms with van der Waals surface area (Å²) in [6.45, 7) is 13.5. The fourth-order valence-corrected chi connectivity index (χ4v) is 3.73. The number of hydrogen-bond donors (Lipinski definition) is 2. The number of nitrogens with zero attached hydrogens (tertiary/aromatic N) is 4. The second-order valence-electron chi connectivity index (χ2n) is 9.11. The van der Waals surface area contributed by atoms with E-state index in [0.717, 1.165) is 6.20 Å². The predicted molar refractivity (Wildman–Crippen MR) is 121 cm³/mol. The summed E-state index contributed by atoms with van der Waals surface area (Å²) in [5, 5.41) is 5.89. The van der Waals surface area contributed by atoms with E-state index in [0.29, 0.717) is 23.5 Å². The highest BCUT2D eigenvalue weighted by Crippen LogP contribution is 2.44. The molecule has 0 fully saturated rings. The van der Waals surface area contributed by atoms with Crippen LogP contribution in [-0.2, 0) is 21.6 Å². The summed E-state index contributed by atoms with van der Waals surface area (Å²) in [7, 11) is 0. The van der Waals surface area contributed by atoms with Crippen LogP contribution in [0.2, 0.25) is 0 Å². The van der Waals surface area contributed by atoms with E-state index in [4.69, 9.17) is 9.47 Å². The maximum atomic E-state index is 14.5. The van der Waals surface area contributed by atoms with Crippen molar-refractivity contribution < 1.29 is 23.5 Å².